The maximum Gasteiger partial charge on any atom is 0.335 e. The minimum absolute atomic E-state index is 0.217. The third-order valence-corrected chi connectivity index (χ3v) is 3.62. The molecule has 0 atom stereocenters. The largest absolute Gasteiger partial charge is 0.478 e. The summed E-state index contributed by atoms with van der Waals surface area (Å²) in [5, 5.41) is 8.74. The average Bonchev–Trinajstić information content (AvgIpc) is 2.37. The number of aromatic carboxylic acids is 1. The van der Waals surface area contributed by atoms with Gasteiger partial charge in [-0.25, -0.2) is 14.2 Å². The molecule has 19 heavy (non-hydrogen) atoms. The topological polar surface area (TPSA) is 95.5 Å². The molecule has 1 aromatic rings. The van der Waals surface area contributed by atoms with E-state index in [1.807, 2.05) is 6.92 Å². The van der Waals surface area contributed by atoms with Gasteiger partial charge in [-0.1, -0.05) is 19.1 Å². The smallest absolute Gasteiger partial charge is 0.335 e. The molecule has 0 bridgehead atoms. The molecule has 3 N–H and O–H groups in total. The number of carboxylic acids is 1. The van der Waals surface area contributed by atoms with Crippen LogP contribution in [0.2, 0.25) is 0 Å². The molecular weight excluding hydrogens is 268 g/mol. The van der Waals surface area contributed by atoms with Gasteiger partial charge in [-0.05, 0) is 30.5 Å². The van der Waals surface area contributed by atoms with Crippen molar-refractivity contribution >= 4 is 16.2 Å². The first-order valence-corrected chi connectivity index (χ1v) is 7.49. The molecule has 0 spiro atoms. The van der Waals surface area contributed by atoms with Crippen LogP contribution in [0.5, 0.6) is 0 Å². The minimum Gasteiger partial charge on any atom is -0.478 e. The number of hydrogen-bond acceptors (Lipinski definition) is 3. The molecule has 0 unspecified atom stereocenters. The van der Waals surface area contributed by atoms with Gasteiger partial charge in [0, 0.05) is 13.1 Å². The maximum absolute atomic E-state index is 11.4. The van der Waals surface area contributed by atoms with Crippen molar-refractivity contribution in [3.05, 3.63) is 35.4 Å². The first-order chi connectivity index (χ1) is 8.94. The zero-order valence-electron chi connectivity index (χ0n) is 10.7. The van der Waals surface area contributed by atoms with Crippen LogP contribution in [-0.2, 0) is 16.6 Å². The van der Waals surface area contributed by atoms with Crippen LogP contribution in [0.4, 0.5) is 0 Å². The summed E-state index contributed by atoms with van der Waals surface area (Å²) in [5.74, 6) is -0.976. The Morgan fingerprint density at radius 2 is 1.74 bits per heavy atom. The molecule has 7 heteroatoms. The Morgan fingerprint density at radius 3 is 2.26 bits per heavy atom. The summed E-state index contributed by atoms with van der Waals surface area (Å²) in [5.41, 5.74) is 1.09. The molecule has 0 saturated heterocycles. The Kier molecular flexibility index (Phi) is 5.94. The Hall–Kier alpha value is -1.44. The molecule has 0 aliphatic rings. The highest BCUT2D eigenvalue weighted by Gasteiger charge is 2.07. The molecule has 0 heterocycles. The first kappa shape index (κ1) is 15.6. The molecule has 0 saturated carbocycles. The molecule has 0 amide bonds. The average molecular weight is 286 g/mol. The molecular formula is C12H18N2O4S. The summed E-state index contributed by atoms with van der Waals surface area (Å²) in [4.78, 5) is 10.7. The molecule has 0 radical (unpaired) electrons. The number of benzene rings is 1. The summed E-state index contributed by atoms with van der Waals surface area (Å²) >= 11 is 0. The standard InChI is InChI=1S/C12H18N2O4S/c1-2-8-13-19(17,18)14-9-7-10-3-5-11(6-4-10)12(15)16/h3-6,13-14H,2,7-9H2,1H3,(H,15,16). The van der Waals surface area contributed by atoms with E-state index in [-0.39, 0.29) is 12.1 Å². The molecule has 1 rings (SSSR count). The van der Waals surface area contributed by atoms with Crippen LogP contribution in [0.3, 0.4) is 0 Å². The quantitative estimate of drug-likeness (QED) is 0.657. The number of rotatable bonds is 8. The number of carboxylic acid groups (broad SMARTS) is 1. The molecule has 0 aliphatic heterocycles. The monoisotopic (exact) mass is 286 g/mol. The lowest BCUT2D eigenvalue weighted by Gasteiger charge is -2.07. The fourth-order valence-corrected chi connectivity index (χ4v) is 2.38. The summed E-state index contributed by atoms with van der Waals surface area (Å²) in [6.07, 6.45) is 1.24. The van der Waals surface area contributed by atoms with E-state index >= 15 is 0 Å². The molecule has 0 aliphatic carbocycles. The molecule has 0 fully saturated rings. The lowest BCUT2D eigenvalue weighted by atomic mass is 10.1. The lowest BCUT2D eigenvalue weighted by molar-refractivity contribution is 0.0697. The van der Waals surface area contributed by atoms with E-state index in [1.165, 1.54) is 12.1 Å². The normalized spacial score (nSPS) is 11.4. The van der Waals surface area contributed by atoms with Crippen LogP contribution < -0.4 is 9.44 Å². The van der Waals surface area contributed by atoms with E-state index in [0.29, 0.717) is 13.0 Å². The Morgan fingerprint density at radius 1 is 1.16 bits per heavy atom. The van der Waals surface area contributed by atoms with Crippen molar-refractivity contribution in [1.82, 2.24) is 9.44 Å². The van der Waals surface area contributed by atoms with Crippen molar-refractivity contribution in [3.8, 4) is 0 Å². The van der Waals surface area contributed by atoms with Crippen LogP contribution in [0.1, 0.15) is 29.3 Å². The highest BCUT2D eigenvalue weighted by molar-refractivity contribution is 7.87. The Labute approximate surface area is 113 Å². The van der Waals surface area contributed by atoms with Gasteiger partial charge in [-0.2, -0.15) is 8.42 Å². The van der Waals surface area contributed by atoms with Crippen LogP contribution in [0.25, 0.3) is 0 Å². The molecule has 1 aromatic carbocycles. The maximum atomic E-state index is 11.4. The highest BCUT2D eigenvalue weighted by atomic mass is 32.2. The second kappa shape index (κ2) is 7.22. The van der Waals surface area contributed by atoms with Gasteiger partial charge in [-0.15, -0.1) is 0 Å². The van der Waals surface area contributed by atoms with Gasteiger partial charge in [0.15, 0.2) is 0 Å². The van der Waals surface area contributed by atoms with Crippen LogP contribution in [0.15, 0.2) is 24.3 Å². The fraction of sp³-hybridized carbons (Fsp3) is 0.417. The minimum atomic E-state index is -3.43. The van der Waals surface area contributed by atoms with Gasteiger partial charge in [0.25, 0.3) is 10.2 Å². The van der Waals surface area contributed by atoms with E-state index < -0.39 is 16.2 Å². The van der Waals surface area contributed by atoms with Gasteiger partial charge >= 0.3 is 5.97 Å². The summed E-state index contributed by atoms with van der Waals surface area (Å²) in [7, 11) is -3.43. The van der Waals surface area contributed by atoms with Gasteiger partial charge in [0.2, 0.25) is 0 Å². The van der Waals surface area contributed by atoms with Gasteiger partial charge in [-0.3, -0.25) is 0 Å². The van der Waals surface area contributed by atoms with Crippen LogP contribution in [0, 0.1) is 0 Å². The van der Waals surface area contributed by atoms with E-state index in [2.05, 4.69) is 9.44 Å². The Bertz CT molecular complexity index is 511. The second-order valence-electron chi connectivity index (χ2n) is 4.04. The zero-order chi connectivity index (χ0) is 14.3. The first-order valence-electron chi connectivity index (χ1n) is 6.01. The third-order valence-electron chi connectivity index (χ3n) is 2.45. The van der Waals surface area contributed by atoms with E-state index in [1.54, 1.807) is 12.1 Å². The summed E-state index contributed by atoms with van der Waals surface area (Å²) < 4.78 is 27.7. The van der Waals surface area contributed by atoms with Crippen molar-refractivity contribution < 1.29 is 18.3 Å². The van der Waals surface area contributed by atoms with Gasteiger partial charge in [0.05, 0.1) is 5.56 Å². The van der Waals surface area contributed by atoms with Crippen molar-refractivity contribution in [2.75, 3.05) is 13.1 Å². The zero-order valence-corrected chi connectivity index (χ0v) is 11.5. The molecule has 0 aromatic heterocycles. The third kappa shape index (κ3) is 5.82. The number of carbonyl (C=O) groups is 1. The van der Waals surface area contributed by atoms with E-state index in [9.17, 15) is 13.2 Å². The predicted octanol–water partition coefficient (Wildman–Crippen LogP) is 0.761. The van der Waals surface area contributed by atoms with Crippen molar-refractivity contribution in [2.45, 2.75) is 19.8 Å². The summed E-state index contributed by atoms with van der Waals surface area (Å²) in [6, 6.07) is 6.36. The summed E-state index contributed by atoms with van der Waals surface area (Å²) in [6.45, 7) is 2.56. The van der Waals surface area contributed by atoms with E-state index in [0.717, 1.165) is 12.0 Å². The Balaban J connectivity index is 2.43. The highest BCUT2D eigenvalue weighted by Crippen LogP contribution is 2.04. The molecule has 6 nitrogen and oxygen atoms in total. The van der Waals surface area contributed by atoms with E-state index in [4.69, 9.17) is 5.11 Å². The predicted molar refractivity (Wildman–Crippen MR) is 72.3 cm³/mol. The molecule has 106 valence electrons. The fourth-order valence-electron chi connectivity index (χ4n) is 1.43. The van der Waals surface area contributed by atoms with Gasteiger partial charge < -0.3 is 5.11 Å². The van der Waals surface area contributed by atoms with Crippen LogP contribution in [-0.4, -0.2) is 32.6 Å². The lowest BCUT2D eigenvalue weighted by Crippen LogP contribution is -2.37. The van der Waals surface area contributed by atoms with Crippen molar-refractivity contribution in [3.63, 3.8) is 0 Å². The number of nitrogens with one attached hydrogen (secondary N) is 2. The van der Waals surface area contributed by atoms with Gasteiger partial charge in [0.1, 0.15) is 0 Å². The van der Waals surface area contributed by atoms with Crippen molar-refractivity contribution in [1.29, 1.82) is 0 Å². The number of hydrogen-bond donors (Lipinski definition) is 3. The SMILES string of the molecule is CCCNS(=O)(=O)NCCc1ccc(C(=O)O)cc1. The second-order valence-corrected chi connectivity index (χ2v) is 5.63. The van der Waals surface area contributed by atoms with Crippen molar-refractivity contribution in [2.24, 2.45) is 0 Å². The van der Waals surface area contributed by atoms with Crippen LogP contribution >= 0.6 is 0 Å².